The number of rotatable bonds is 10. The van der Waals surface area contributed by atoms with Crippen LogP contribution in [0.25, 0.3) is 0 Å². The van der Waals surface area contributed by atoms with E-state index in [2.05, 4.69) is 10.4 Å². The number of benzene rings is 1. The Morgan fingerprint density at radius 1 is 1.34 bits per heavy atom. The molecular formula is C19H27N3O4S3. The van der Waals surface area contributed by atoms with Crippen LogP contribution in [0.15, 0.2) is 34.8 Å². The molecule has 3 N–H and O–H groups in total. The van der Waals surface area contributed by atoms with E-state index >= 15 is 0 Å². The van der Waals surface area contributed by atoms with Gasteiger partial charge in [0.05, 0.1) is 24.7 Å². The molecule has 160 valence electrons. The van der Waals surface area contributed by atoms with E-state index in [4.69, 9.17) is 0 Å². The maximum Gasteiger partial charge on any atom is 0.245 e. The molecule has 29 heavy (non-hydrogen) atoms. The summed E-state index contributed by atoms with van der Waals surface area (Å²) in [7, 11) is -3.52. The van der Waals surface area contributed by atoms with E-state index in [9.17, 15) is 18.6 Å². The largest absolute Gasteiger partial charge is 0.396 e. The number of hydrazine groups is 1. The quantitative estimate of drug-likeness (QED) is 0.286. The summed E-state index contributed by atoms with van der Waals surface area (Å²) in [5.74, 6) is 0.675. The minimum Gasteiger partial charge on any atom is -0.396 e. The van der Waals surface area contributed by atoms with Crippen LogP contribution in [0.1, 0.15) is 35.8 Å². The Morgan fingerprint density at radius 3 is 2.52 bits per heavy atom. The van der Waals surface area contributed by atoms with Gasteiger partial charge in [-0.2, -0.15) is 0 Å². The topological polar surface area (TPSA) is 103 Å². The van der Waals surface area contributed by atoms with Crippen LogP contribution in [-0.4, -0.2) is 48.8 Å². The first-order valence-electron chi connectivity index (χ1n) is 9.43. The molecule has 1 heterocycles. The predicted octanol–water partition coefficient (Wildman–Crippen LogP) is 2.71. The fourth-order valence-corrected chi connectivity index (χ4v) is 6.07. The molecule has 0 bridgehead atoms. The van der Waals surface area contributed by atoms with Crippen molar-refractivity contribution in [3.8, 4) is 0 Å². The number of hydrogen-bond donors (Lipinski definition) is 3. The van der Waals surface area contributed by atoms with E-state index in [1.807, 2.05) is 13.1 Å². The van der Waals surface area contributed by atoms with E-state index in [0.717, 1.165) is 39.1 Å². The molecule has 1 aliphatic rings. The summed E-state index contributed by atoms with van der Waals surface area (Å²) in [6.07, 6.45) is 4.80. The highest BCUT2D eigenvalue weighted by Gasteiger charge is 2.43. The normalized spacial score (nSPS) is 17.0. The fourth-order valence-electron chi connectivity index (χ4n) is 3.38. The number of aliphatic hydroxyl groups excluding tert-OH is 2. The number of nitrogens with one attached hydrogen (secondary N) is 1. The second-order valence-electron chi connectivity index (χ2n) is 7.39. The van der Waals surface area contributed by atoms with Crippen LogP contribution in [0.5, 0.6) is 0 Å². The number of aryl methyl sites for hydroxylation is 1. The summed E-state index contributed by atoms with van der Waals surface area (Å²) in [6, 6.07) is 6.80. The highest BCUT2D eigenvalue weighted by atomic mass is 32.2. The Hall–Kier alpha value is -1.17. The van der Waals surface area contributed by atoms with Gasteiger partial charge in [-0.05, 0) is 37.5 Å². The Morgan fingerprint density at radius 2 is 2.03 bits per heavy atom. The number of anilines is 1. The van der Waals surface area contributed by atoms with Crippen LogP contribution in [0, 0.1) is 12.3 Å². The first kappa shape index (κ1) is 22.5. The van der Waals surface area contributed by atoms with E-state index in [0.29, 0.717) is 23.5 Å². The molecule has 10 heteroatoms. The van der Waals surface area contributed by atoms with Gasteiger partial charge in [0.1, 0.15) is 4.34 Å². The predicted molar refractivity (Wildman–Crippen MR) is 118 cm³/mol. The van der Waals surface area contributed by atoms with Crippen LogP contribution in [0.3, 0.4) is 0 Å². The monoisotopic (exact) mass is 457 g/mol. The Balaban J connectivity index is 1.64. The van der Waals surface area contributed by atoms with Crippen molar-refractivity contribution in [1.29, 1.82) is 0 Å². The van der Waals surface area contributed by atoms with Gasteiger partial charge >= 0.3 is 0 Å². The number of sulfonamides is 1. The Labute approximate surface area is 180 Å². The number of nitrogens with zero attached hydrogens (tertiary/aromatic N) is 2. The van der Waals surface area contributed by atoms with Crippen molar-refractivity contribution in [3.63, 3.8) is 0 Å². The molecule has 0 aliphatic heterocycles. The summed E-state index contributed by atoms with van der Waals surface area (Å²) in [5, 5.41) is 20.3. The van der Waals surface area contributed by atoms with Crippen molar-refractivity contribution in [1.82, 2.24) is 10.4 Å². The number of thiazole rings is 1. The van der Waals surface area contributed by atoms with Gasteiger partial charge in [-0.3, -0.25) is 0 Å². The molecule has 1 fully saturated rings. The molecule has 0 spiro atoms. The van der Waals surface area contributed by atoms with Crippen LogP contribution < -0.4 is 9.84 Å². The van der Waals surface area contributed by atoms with Gasteiger partial charge in [0.2, 0.25) is 10.0 Å². The van der Waals surface area contributed by atoms with Gasteiger partial charge in [0, 0.05) is 28.8 Å². The van der Waals surface area contributed by atoms with Crippen LogP contribution >= 0.6 is 23.1 Å². The lowest BCUT2D eigenvalue weighted by Crippen LogP contribution is -2.43. The standard InChI is InChI=1S/C19H27N3O4S3/c1-14-12-20-18(28-14)27-11-10-21-22(29(2,25)26)16-6-4-15(5-7-16)17(24)19(13-23)8-3-9-19/h4-7,12,17,21,23-24H,3,8-11,13H2,1-2H3. The average Bonchev–Trinajstić information content (AvgIpc) is 3.05. The molecule has 2 aromatic rings. The molecule has 1 aliphatic carbocycles. The van der Waals surface area contributed by atoms with Gasteiger partial charge in [0.15, 0.2) is 0 Å². The maximum absolute atomic E-state index is 12.2. The summed E-state index contributed by atoms with van der Waals surface area (Å²) in [4.78, 5) is 5.43. The van der Waals surface area contributed by atoms with Gasteiger partial charge < -0.3 is 10.2 Å². The van der Waals surface area contributed by atoms with Gasteiger partial charge in [-0.25, -0.2) is 23.2 Å². The second-order valence-corrected chi connectivity index (χ2v) is 11.8. The highest BCUT2D eigenvalue weighted by Crippen LogP contribution is 2.49. The molecule has 0 saturated heterocycles. The molecule has 0 radical (unpaired) electrons. The molecule has 7 nitrogen and oxygen atoms in total. The van der Waals surface area contributed by atoms with Crippen molar-refractivity contribution in [2.24, 2.45) is 5.41 Å². The smallest absolute Gasteiger partial charge is 0.245 e. The lowest BCUT2D eigenvalue weighted by molar-refractivity contribution is -0.0734. The zero-order valence-corrected chi connectivity index (χ0v) is 19.0. The fraction of sp³-hybridized carbons (Fsp3) is 0.526. The third-order valence-electron chi connectivity index (χ3n) is 5.20. The molecule has 0 amide bonds. The zero-order valence-electron chi connectivity index (χ0n) is 16.5. The van der Waals surface area contributed by atoms with Gasteiger partial charge in [-0.15, -0.1) is 11.3 Å². The van der Waals surface area contributed by atoms with Crippen LogP contribution in [0.4, 0.5) is 5.69 Å². The SMILES string of the molecule is Cc1cnc(SCCNN(c2ccc(C(O)C3(CO)CCC3)cc2)S(C)(=O)=O)s1. The molecule has 1 saturated carbocycles. The van der Waals surface area contributed by atoms with Crippen molar-refractivity contribution in [3.05, 3.63) is 40.9 Å². The van der Waals surface area contributed by atoms with Crippen molar-refractivity contribution in [2.45, 2.75) is 36.6 Å². The summed E-state index contributed by atoms with van der Waals surface area (Å²) in [5.41, 5.74) is 3.66. The lowest BCUT2D eigenvalue weighted by atomic mass is 9.64. The summed E-state index contributed by atoms with van der Waals surface area (Å²) in [6.45, 7) is 2.40. The molecule has 3 rings (SSSR count). The van der Waals surface area contributed by atoms with Gasteiger partial charge in [0.25, 0.3) is 0 Å². The maximum atomic E-state index is 12.2. The molecule has 1 aromatic heterocycles. The summed E-state index contributed by atoms with van der Waals surface area (Å²) < 4.78 is 26.6. The van der Waals surface area contributed by atoms with Gasteiger partial charge in [-0.1, -0.05) is 30.3 Å². The lowest BCUT2D eigenvalue weighted by Gasteiger charge is -2.44. The van der Waals surface area contributed by atoms with E-state index in [1.54, 1.807) is 47.4 Å². The molecule has 1 atom stereocenters. The molecule has 1 unspecified atom stereocenters. The van der Waals surface area contributed by atoms with E-state index in [-0.39, 0.29) is 6.61 Å². The van der Waals surface area contributed by atoms with Crippen molar-refractivity contribution < 1.29 is 18.6 Å². The third kappa shape index (κ3) is 5.31. The minimum atomic E-state index is -3.52. The first-order chi connectivity index (χ1) is 13.7. The van der Waals surface area contributed by atoms with Crippen molar-refractivity contribution >= 4 is 38.8 Å². The molecule has 1 aromatic carbocycles. The van der Waals surface area contributed by atoms with Crippen molar-refractivity contribution in [2.75, 3.05) is 29.6 Å². The molecular weight excluding hydrogens is 430 g/mol. The first-order valence-corrected chi connectivity index (χ1v) is 13.1. The minimum absolute atomic E-state index is 0.0524. The Kier molecular flexibility index (Phi) is 7.23. The number of thioether (sulfide) groups is 1. The van der Waals surface area contributed by atoms with Crippen LogP contribution in [0.2, 0.25) is 0 Å². The second kappa shape index (κ2) is 9.32. The van der Waals surface area contributed by atoms with E-state index in [1.165, 1.54) is 0 Å². The third-order valence-corrected chi connectivity index (χ3v) is 8.28. The average molecular weight is 458 g/mol. The van der Waals surface area contributed by atoms with E-state index < -0.39 is 21.5 Å². The van der Waals surface area contributed by atoms with Crippen LogP contribution in [-0.2, 0) is 10.0 Å². The number of aromatic nitrogens is 1. The number of aliphatic hydroxyl groups is 2. The number of hydrogen-bond acceptors (Lipinski definition) is 8. The highest BCUT2D eigenvalue weighted by molar-refractivity contribution is 8.01. The summed E-state index contributed by atoms with van der Waals surface area (Å²) >= 11 is 3.19. The Bertz CT molecular complexity index is 906. The zero-order chi connectivity index (χ0) is 21.1.